The van der Waals surface area contributed by atoms with E-state index in [1.807, 2.05) is 54.6 Å². The molecule has 1 heterocycles. The van der Waals surface area contributed by atoms with Crippen LogP contribution < -0.4 is 4.74 Å². The number of rotatable bonds is 7. The van der Waals surface area contributed by atoms with E-state index in [9.17, 15) is 9.59 Å². The lowest BCUT2D eigenvalue weighted by atomic mass is 9.98. The molecule has 1 aliphatic rings. The summed E-state index contributed by atoms with van der Waals surface area (Å²) >= 11 is 0. The molecule has 1 N–H and O–H groups in total. The van der Waals surface area contributed by atoms with Gasteiger partial charge in [-0.1, -0.05) is 48.5 Å². The first-order chi connectivity index (χ1) is 13.1. The molecule has 5 heteroatoms. The van der Waals surface area contributed by atoms with Crippen molar-refractivity contribution >= 4 is 11.9 Å². The van der Waals surface area contributed by atoms with Crippen LogP contribution in [0, 0.1) is 0 Å². The van der Waals surface area contributed by atoms with Crippen LogP contribution in [-0.2, 0) is 9.59 Å². The van der Waals surface area contributed by atoms with Crippen LogP contribution in [0.3, 0.4) is 0 Å². The van der Waals surface area contributed by atoms with Gasteiger partial charge in [0.15, 0.2) is 6.61 Å². The average molecular weight is 367 g/mol. The van der Waals surface area contributed by atoms with Crippen LogP contribution >= 0.6 is 0 Å². The third-order valence-electron chi connectivity index (χ3n) is 4.96. The van der Waals surface area contributed by atoms with Gasteiger partial charge in [0, 0.05) is 24.6 Å². The van der Waals surface area contributed by atoms with Gasteiger partial charge in [0.1, 0.15) is 5.75 Å². The highest BCUT2D eigenvalue weighted by atomic mass is 16.5. The zero-order valence-electron chi connectivity index (χ0n) is 15.3. The molecule has 1 unspecified atom stereocenters. The molecule has 1 fully saturated rings. The van der Waals surface area contributed by atoms with E-state index in [4.69, 9.17) is 9.84 Å². The zero-order valence-corrected chi connectivity index (χ0v) is 15.3. The van der Waals surface area contributed by atoms with Gasteiger partial charge in [0.2, 0.25) is 0 Å². The van der Waals surface area contributed by atoms with E-state index in [-0.39, 0.29) is 25.0 Å². The van der Waals surface area contributed by atoms with Crippen LogP contribution in [0.5, 0.6) is 5.75 Å². The third kappa shape index (κ3) is 5.09. The first-order valence-corrected chi connectivity index (χ1v) is 9.43. The van der Waals surface area contributed by atoms with Gasteiger partial charge in [-0.15, -0.1) is 0 Å². The summed E-state index contributed by atoms with van der Waals surface area (Å²) in [6, 6.07) is 17.6. The summed E-state index contributed by atoms with van der Waals surface area (Å²) < 4.78 is 5.87. The first-order valence-electron chi connectivity index (χ1n) is 9.43. The lowest BCUT2D eigenvalue weighted by Gasteiger charge is -2.35. The van der Waals surface area contributed by atoms with Crippen molar-refractivity contribution in [3.05, 3.63) is 54.6 Å². The van der Waals surface area contributed by atoms with E-state index in [1.165, 1.54) is 0 Å². The minimum atomic E-state index is -0.819. The van der Waals surface area contributed by atoms with Crippen LogP contribution in [0.15, 0.2) is 54.6 Å². The van der Waals surface area contributed by atoms with Gasteiger partial charge in [-0.2, -0.15) is 0 Å². The second-order valence-corrected chi connectivity index (χ2v) is 6.82. The molecule has 0 spiro atoms. The number of carboxylic acid groups (broad SMARTS) is 1. The standard InChI is InChI=1S/C22H25NO4/c24-21(23-15-7-6-10-18(23)13-14-22(25)26)16-27-20-12-5-4-11-19(20)17-8-2-1-3-9-17/h1-5,8-9,11-12,18H,6-7,10,13-16H2,(H,25,26). The van der Waals surface area contributed by atoms with Crippen molar-refractivity contribution in [3.63, 3.8) is 0 Å². The second-order valence-electron chi connectivity index (χ2n) is 6.82. The van der Waals surface area contributed by atoms with Crippen LogP contribution in [0.2, 0.25) is 0 Å². The molecule has 1 amide bonds. The molecule has 2 aromatic rings. The van der Waals surface area contributed by atoms with Gasteiger partial charge < -0.3 is 14.7 Å². The Labute approximate surface area is 159 Å². The number of nitrogens with zero attached hydrogens (tertiary/aromatic N) is 1. The Bertz CT molecular complexity index is 775. The Kier molecular flexibility index (Phi) is 6.47. The molecule has 0 aliphatic carbocycles. The van der Waals surface area contributed by atoms with Crippen LogP contribution in [0.4, 0.5) is 0 Å². The second kappa shape index (κ2) is 9.21. The molecule has 3 rings (SSSR count). The molecule has 1 atom stereocenters. The van der Waals surface area contributed by atoms with E-state index >= 15 is 0 Å². The smallest absolute Gasteiger partial charge is 0.303 e. The Morgan fingerprint density at radius 3 is 2.56 bits per heavy atom. The molecule has 2 aromatic carbocycles. The molecule has 0 saturated carbocycles. The number of carboxylic acids is 1. The molecule has 0 aromatic heterocycles. The number of carbonyl (C=O) groups is 2. The lowest BCUT2D eigenvalue weighted by Crippen LogP contribution is -2.46. The van der Waals surface area contributed by atoms with Gasteiger partial charge in [0.25, 0.3) is 5.91 Å². The summed E-state index contributed by atoms with van der Waals surface area (Å²) in [6.07, 6.45) is 3.44. The molecule has 0 radical (unpaired) electrons. The maximum absolute atomic E-state index is 12.7. The molecular weight excluding hydrogens is 342 g/mol. The van der Waals surface area contributed by atoms with Gasteiger partial charge in [0.05, 0.1) is 0 Å². The minimum absolute atomic E-state index is 0.00434. The fraction of sp³-hybridized carbons (Fsp3) is 0.364. The van der Waals surface area contributed by atoms with Crippen molar-refractivity contribution in [3.8, 4) is 16.9 Å². The number of aliphatic carboxylic acids is 1. The maximum atomic E-state index is 12.7. The minimum Gasteiger partial charge on any atom is -0.483 e. The van der Waals surface area contributed by atoms with Gasteiger partial charge >= 0.3 is 5.97 Å². The highest BCUT2D eigenvalue weighted by Gasteiger charge is 2.27. The van der Waals surface area contributed by atoms with Crippen molar-refractivity contribution in [2.75, 3.05) is 13.2 Å². The predicted molar refractivity (Wildman–Crippen MR) is 104 cm³/mol. The molecule has 27 heavy (non-hydrogen) atoms. The molecule has 1 aliphatic heterocycles. The number of hydrogen-bond acceptors (Lipinski definition) is 3. The number of hydrogen-bond donors (Lipinski definition) is 1. The van der Waals surface area contributed by atoms with Crippen LogP contribution in [0.1, 0.15) is 32.1 Å². The summed E-state index contributed by atoms with van der Waals surface area (Å²) in [4.78, 5) is 25.4. The number of piperidine rings is 1. The summed E-state index contributed by atoms with van der Waals surface area (Å²) in [7, 11) is 0. The van der Waals surface area contributed by atoms with E-state index in [2.05, 4.69) is 0 Å². The SMILES string of the molecule is O=C(O)CCC1CCCCN1C(=O)COc1ccccc1-c1ccccc1. The maximum Gasteiger partial charge on any atom is 0.303 e. The Balaban J connectivity index is 1.66. The number of benzene rings is 2. The van der Waals surface area contributed by atoms with E-state index in [0.717, 1.165) is 30.4 Å². The van der Waals surface area contributed by atoms with Crippen molar-refractivity contribution < 1.29 is 19.4 Å². The summed E-state index contributed by atoms with van der Waals surface area (Å²) in [5.41, 5.74) is 1.99. The monoisotopic (exact) mass is 367 g/mol. The average Bonchev–Trinajstić information content (AvgIpc) is 2.71. The number of para-hydroxylation sites is 1. The number of likely N-dealkylation sites (tertiary alicyclic amines) is 1. The third-order valence-corrected chi connectivity index (χ3v) is 4.96. The van der Waals surface area contributed by atoms with E-state index < -0.39 is 5.97 Å². The summed E-state index contributed by atoms with van der Waals surface area (Å²) in [5, 5.41) is 8.93. The number of amides is 1. The van der Waals surface area contributed by atoms with Gasteiger partial charge in [-0.3, -0.25) is 9.59 Å². The molecule has 142 valence electrons. The Hall–Kier alpha value is -2.82. The highest BCUT2D eigenvalue weighted by molar-refractivity contribution is 5.79. The fourth-order valence-corrected chi connectivity index (χ4v) is 3.59. The molecular formula is C22H25NO4. The van der Waals surface area contributed by atoms with Crippen molar-refractivity contribution in [1.29, 1.82) is 0 Å². The molecule has 5 nitrogen and oxygen atoms in total. The number of carbonyl (C=O) groups excluding carboxylic acids is 1. The fourth-order valence-electron chi connectivity index (χ4n) is 3.59. The van der Waals surface area contributed by atoms with Gasteiger partial charge in [-0.25, -0.2) is 0 Å². The summed E-state index contributed by atoms with van der Waals surface area (Å²) in [5.74, 6) is -0.217. The quantitative estimate of drug-likeness (QED) is 0.804. The Morgan fingerprint density at radius 2 is 1.78 bits per heavy atom. The summed E-state index contributed by atoms with van der Waals surface area (Å²) in [6.45, 7) is 0.639. The van der Waals surface area contributed by atoms with E-state index in [1.54, 1.807) is 4.90 Å². The highest BCUT2D eigenvalue weighted by Crippen LogP contribution is 2.30. The van der Waals surface area contributed by atoms with Crippen LogP contribution in [-0.4, -0.2) is 41.1 Å². The molecule has 0 bridgehead atoms. The molecule has 1 saturated heterocycles. The first kappa shape index (κ1) is 19.0. The largest absolute Gasteiger partial charge is 0.483 e. The predicted octanol–water partition coefficient (Wildman–Crippen LogP) is 3.98. The zero-order chi connectivity index (χ0) is 19.1. The van der Waals surface area contributed by atoms with Crippen molar-refractivity contribution in [2.24, 2.45) is 0 Å². The van der Waals surface area contributed by atoms with E-state index in [0.29, 0.717) is 18.7 Å². The van der Waals surface area contributed by atoms with Crippen LogP contribution in [0.25, 0.3) is 11.1 Å². The normalized spacial score (nSPS) is 16.7. The van der Waals surface area contributed by atoms with Crippen molar-refractivity contribution in [2.45, 2.75) is 38.1 Å². The number of ether oxygens (including phenoxy) is 1. The lowest BCUT2D eigenvalue weighted by molar-refractivity contribution is -0.141. The topological polar surface area (TPSA) is 66.8 Å². The van der Waals surface area contributed by atoms with Crippen molar-refractivity contribution in [1.82, 2.24) is 4.90 Å². The Morgan fingerprint density at radius 1 is 1.04 bits per heavy atom. The van der Waals surface area contributed by atoms with Gasteiger partial charge in [-0.05, 0) is 37.3 Å².